The Hall–Kier alpha value is -5.77. The first kappa shape index (κ1) is 42.8. The average molecular weight is 830 g/mol. The first-order valence-corrected chi connectivity index (χ1v) is 21.1. The van der Waals surface area contributed by atoms with Crippen LogP contribution in [0.15, 0.2) is 79.9 Å². The molecule has 3 N–H and O–H groups in total. The Kier molecular flexibility index (Phi) is 12.2. The third kappa shape index (κ3) is 9.75. The van der Waals surface area contributed by atoms with Gasteiger partial charge in [0.1, 0.15) is 35.1 Å². The number of carbonyl (C=O) groups is 5. The second kappa shape index (κ2) is 16.8. The number of carbonyl (C=O) groups excluding carboxylic acids is 5. The summed E-state index contributed by atoms with van der Waals surface area (Å²) in [6, 6.07) is 14.5. The number of hydrogen-bond donors (Lipinski definition) is 3. The van der Waals surface area contributed by atoms with E-state index >= 15 is 0 Å². The molecule has 0 bridgehead atoms. The summed E-state index contributed by atoms with van der Waals surface area (Å²) in [5, 5.41) is 5.50. The minimum absolute atomic E-state index is 0.0202. The Morgan fingerprint density at radius 1 is 1.05 bits per heavy atom. The maximum absolute atomic E-state index is 14.8. The highest BCUT2D eigenvalue weighted by Gasteiger charge is 2.62. The van der Waals surface area contributed by atoms with Gasteiger partial charge in [0, 0.05) is 35.6 Å². The van der Waals surface area contributed by atoms with E-state index in [-0.39, 0.29) is 25.3 Å². The van der Waals surface area contributed by atoms with Gasteiger partial charge in [0.15, 0.2) is 0 Å². The maximum Gasteiger partial charge on any atom is 0.408 e. The molecular weight excluding hydrogens is 779 g/mol. The summed E-state index contributed by atoms with van der Waals surface area (Å²) in [5.41, 5.74) is 0.606. The van der Waals surface area contributed by atoms with Crippen LogP contribution in [0.25, 0.3) is 22.2 Å². The fourth-order valence-electron chi connectivity index (χ4n) is 7.52. The largest absolute Gasteiger partial charge is 0.497 e. The highest BCUT2D eigenvalue weighted by molar-refractivity contribution is 7.91. The van der Waals surface area contributed by atoms with Crippen molar-refractivity contribution in [2.75, 3.05) is 13.7 Å². The molecule has 59 heavy (non-hydrogen) atoms. The van der Waals surface area contributed by atoms with Gasteiger partial charge in [-0.05, 0) is 89.5 Å². The highest BCUT2D eigenvalue weighted by Crippen LogP contribution is 2.46. The Bertz CT molecular complexity index is 2270. The van der Waals surface area contributed by atoms with Gasteiger partial charge in [0.25, 0.3) is 5.91 Å². The molecule has 6 rings (SSSR count). The van der Waals surface area contributed by atoms with Gasteiger partial charge in [-0.15, -0.1) is 6.58 Å². The standard InChI is InChI=1S/C43H51N5O10S/c1-8-29-23-43(29,40(52)47-59(54,55)31-16-17-31)46-38(50)35-20-26(24-48(35)39(51)37(25(3)57-36(49)9-2)45-41(53)58-42(4,5)6)19-28-21-33(27-13-11-10-12-14-27)44-34-22-30(56-7)15-18-32(28)34/h8-15,18,21-22,25-26,29,31,35,37H,1-2,16-17,19-20,23-24H2,3-7H3,(H,45,53)(H,46,50)(H,47,52)/t25-,26-,29-,35+,37?,43-/m1/s1. The Morgan fingerprint density at radius 2 is 1.76 bits per heavy atom. The lowest BCUT2D eigenvalue weighted by atomic mass is 9.93. The summed E-state index contributed by atoms with van der Waals surface area (Å²) >= 11 is 0. The number of sulfonamides is 1. The molecule has 0 radical (unpaired) electrons. The molecule has 16 heteroatoms. The molecule has 2 heterocycles. The molecule has 15 nitrogen and oxygen atoms in total. The molecule has 3 fully saturated rings. The molecule has 1 saturated heterocycles. The molecular formula is C43H51N5O10S. The second-order valence-corrected chi connectivity index (χ2v) is 18.3. The highest BCUT2D eigenvalue weighted by atomic mass is 32.2. The zero-order chi connectivity index (χ0) is 42.9. The Morgan fingerprint density at radius 3 is 2.37 bits per heavy atom. The SMILES string of the molecule is C=CC(=O)O[C@H](C)C(NC(=O)OC(C)(C)C)C(=O)N1C[C@H](Cc2cc(-c3ccccc3)nc3cc(OC)ccc23)C[C@H]1C(=O)N[C@]1(C(=O)NS(=O)(=O)C2CC2)C[C@H]1C=C. The normalized spacial score (nSPS) is 22.3. The smallest absolute Gasteiger partial charge is 0.408 e. The van der Waals surface area contributed by atoms with Crippen LogP contribution in [0, 0.1) is 11.8 Å². The summed E-state index contributed by atoms with van der Waals surface area (Å²) in [6.07, 6.45) is 1.66. The minimum Gasteiger partial charge on any atom is -0.497 e. The van der Waals surface area contributed by atoms with Crippen molar-refractivity contribution in [2.24, 2.45) is 11.8 Å². The second-order valence-electron chi connectivity index (χ2n) is 16.4. The number of nitrogens with one attached hydrogen (secondary N) is 3. The van der Waals surface area contributed by atoms with Gasteiger partial charge in [-0.3, -0.25) is 19.1 Å². The number of rotatable bonds is 15. The van der Waals surface area contributed by atoms with Crippen LogP contribution in [0.4, 0.5) is 4.79 Å². The third-order valence-corrected chi connectivity index (χ3v) is 12.6. The lowest BCUT2D eigenvalue weighted by Crippen LogP contribution is -2.60. The van der Waals surface area contributed by atoms with E-state index in [9.17, 15) is 32.4 Å². The van der Waals surface area contributed by atoms with Crippen LogP contribution < -0.4 is 20.1 Å². The van der Waals surface area contributed by atoms with Gasteiger partial charge in [-0.1, -0.05) is 43.0 Å². The van der Waals surface area contributed by atoms with Crippen molar-refractivity contribution < 1.29 is 46.6 Å². The van der Waals surface area contributed by atoms with Gasteiger partial charge in [0.2, 0.25) is 21.8 Å². The summed E-state index contributed by atoms with van der Waals surface area (Å²) in [5.74, 6) is -3.48. The Labute approximate surface area is 344 Å². The van der Waals surface area contributed by atoms with Gasteiger partial charge >= 0.3 is 12.1 Å². The van der Waals surface area contributed by atoms with Crippen LogP contribution in [0.3, 0.4) is 0 Å². The van der Waals surface area contributed by atoms with E-state index in [1.807, 2.05) is 54.6 Å². The number of aromatic nitrogens is 1. The van der Waals surface area contributed by atoms with Crippen LogP contribution in [-0.2, 0) is 45.1 Å². The number of ether oxygens (including phenoxy) is 3. The summed E-state index contributed by atoms with van der Waals surface area (Å²) in [6.45, 7) is 13.6. The molecule has 1 unspecified atom stereocenters. The van der Waals surface area contributed by atoms with E-state index in [1.54, 1.807) is 27.9 Å². The predicted molar refractivity (Wildman–Crippen MR) is 219 cm³/mol. The number of benzene rings is 2. The van der Waals surface area contributed by atoms with Crippen LogP contribution in [0.5, 0.6) is 5.75 Å². The molecule has 4 amide bonds. The summed E-state index contributed by atoms with van der Waals surface area (Å²) < 4.78 is 44.1. The molecule has 1 aromatic heterocycles. The van der Waals surface area contributed by atoms with Crippen LogP contribution in [-0.4, -0.2) is 96.3 Å². The van der Waals surface area contributed by atoms with E-state index < -0.39 is 80.3 Å². The number of methoxy groups -OCH3 is 1. The molecule has 3 aromatic rings. The minimum atomic E-state index is -3.95. The summed E-state index contributed by atoms with van der Waals surface area (Å²) in [4.78, 5) is 74.6. The van der Waals surface area contributed by atoms with Crippen molar-refractivity contribution in [2.45, 2.75) is 94.4 Å². The van der Waals surface area contributed by atoms with Crippen LogP contribution in [0.2, 0.25) is 0 Å². The van der Waals surface area contributed by atoms with Crippen LogP contribution >= 0.6 is 0 Å². The average Bonchev–Trinajstić information content (AvgIpc) is 4.12. The molecule has 2 aliphatic carbocycles. The molecule has 6 atom stereocenters. The lowest BCUT2D eigenvalue weighted by molar-refractivity contribution is -0.150. The molecule has 0 spiro atoms. The zero-order valence-corrected chi connectivity index (χ0v) is 34.7. The third-order valence-electron chi connectivity index (χ3n) is 10.8. The fraction of sp³-hybridized carbons (Fsp3) is 0.442. The summed E-state index contributed by atoms with van der Waals surface area (Å²) in [7, 11) is -2.38. The van der Waals surface area contributed by atoms with Crippen LogP contribution in [0.1, 0.15) is 58.9 Å². The molecule has 2 aromatic carbocycles. The maximum atomic E-state index is 14.8. The number of alkyl carbamates (subject to hydrolysis) is 1. The van der Waals surface area contributed by atoms with E-state index in [1.165, 1.54) is 17.9 Å². The topological polar surface area (TPSA) is 199 Å². The number of likely N-dealkylation sites (tertiary alicyclic amines) is 1. The van der Waals surface area contributed by atoms with Crippen molar-refractivity contribution in [3.63, 3.8) is 0 Å². The van der Waals surface area contributed by atoms with E-state index in [0.717, 1.165) is 22.6 Å². The zero-order valence-electron chi connectivity index (χ0n) is 33.9. The van der Waals surface area contributed by atoms with E-state index in [4.69, 9.17) is 19.2 Å². The fourth-order valence-corrected chi connectivity index (χ4v) is 8.88. The lowest BCUT2D eigenvalue weighted by Gasteiger charge is -2.32. The van der Waals surface area contributed by atoms with Crippen molar-refractivity contribution in [3.8, 4) is 17.0 Å². The number of esters is 1. The van der Waals surface area contributed by atoms with Gasteiger partial charge in [0.05, 0.1) is 23.6 Å². The number of amides is 4. The van der Waals surface area contributed by atoms with Gasteiger partial charge in [-0.25, -0.2) is 23.0 Å². The number of fused-ring (bicyclic) bond motifs is 1. The monoisotopic (exact) mass is 829 g/mol. The van der Waals surface area contributed by atoms with Crippen molar-refractivity contribution in [1.82, 2.24) is 25.2 Å². The van der Waals surface area contributed by atoms with Gasteiger partial charge in [-0.2, -0.15) is 0 Å². The number of nitrogens with zero attached hydrogens (tertiary/aromatic N) is 2. The number of pyridine rings is 1. The molecule has 314 valence electrons. The molecule has 3 aliphatic rings. The number of hydrogen-bond acceptors (Lipinski definition) is 11. The van der Waals surface area contributed by atoms with Crippen molar-refractivity contribution >= 4 is 50.7 Å². The molecule has 1 aliphatic heterocycles. The van der Waals surface area contributed by atoms with Gasteiger partial charge < -0.3 is 29.7 Å². The quantitative estimate of drug-likeness (QED) is 0.112. The van der Waals surface area contributed by atoms with E-state index in [0.29, 0.717) is 36.2 Å². The van der Waals surface area contributed by atoms with Crippen molar-refractivity contribution in [1.29, 1.82) is 0 Å². The first-order valence-electron chi connectivity index (χ1n) is 19.5. The predicted octanol–water partition coefficient (Wildman–Crippen LogP) is 4.35. The van der Waals surface area contributed by atoms with E-state index in [2.05, 4.69) is 28.5 Å². The first-order chi connectivity index (χ1) is 27.9. The molecule has 2 saturated carbocycles. The van der Waals surface area contributed by atoms with Crippen molar-refractivity contribution in [3.05, 3.63) is 85.5 Å². The Balaban J connectivity index is 1.36.